The number of amides is 1. The van der Waals surface area contributed by atoms with E-state index >= 15 is 0 Å². The molecular formula is C20H27NO5. The maximum absolute atomic E-state index is 12.4. The molecule has 0 aromatic heterocycles. The monoisotopic (exact) mass is 361 g/mol. The van der Waals surface area contributed by atoms with E-state index in [1.54, 1.807) is 25.1 Å². The number of carbonyl (C=O) groups is 2. The number of benzene rings is 1. The van der Waals surface area contributed by atoms with Crippen LogP contribution in [0.3, 0.4) is 0 Å². The summed E-state index contributed by atoms with van der Waals surface area (Å²) in [5, 5.41) is 3.03. The normalized spacial score (nSPS) is 28.7. The number of rotatable bonds is 4. The first-order chi connectivity index (χ1) is 12.5. The third-order valence-corrected chi connectivity index (χ3v) is 5.47. The highest BCUT2D eigenvalue weighted by Gasteiger charge is 2.33. The van der Waals surface area contributed by atoms with Crippen LogP contribution < -0.4 is 14.8 Å². The van der Waals surface area contributed by atoms with Crippen LogP contribution in [0.2, 0.25) is 0 Å². The summed E-state index contributed by atoms with van der Waals surface area (Å²) in [6.45, 7) is 6.03. The first-order valence-corrected chi connectivity index (χ1v) is 9.35. The lowest BCUT2D eigenvalue weighted by Crippen LogP contribution is -2.48. The van der Waals surface area contributed by atoms with Gasteiger partial charge in [-0.1, -0.05) is 38.8 Å². The summed E-state index contributed by atoms with van der Waals surface area (Å²) >= 11 is 0. The molecule has 26 heavy (non-hydrogen) atoms. The van der Waals surface area contributed by atoms with Gasteiger partial charge in [-0.05, 0) is 37.3 Å². The largest absolute Gasteiger partial charge is 0.485 e. The molecule has 6 heteroatoms. The van der Waals surface area contributed by atoms with Gasteiger partial charge in [-0.2, -0.15) is 0 Å². The Hall–Kier alpha value is -2.24. The molecule has 142 valence electrons. The van der Waals surface area contributed by atoms with Gasteiger partial charge < -0.3 is 19.5 Å². The summed E-state index contributed by atoms with van der Waals surface area (Å²) in [6, 6.07) is 7.28. The lowest BCUT2D eigenvalue weighted by atomic mass is 9.78. The van der Waals surface area contributed by atoms with Crippen molar-refractivity contribution in [3.05, 3.63) is 24.3 Å². The van der Waals surface area contributed by atoms with Gasteiger partial charge in [0, 0.05) is 6.04 Å². The van der Waals surface area contributed by atoms with Gasteiger partial charge in [-0.25, -0.2) is 4.79 Å². The Morgan fingerprint density at radius 3 is 2.69 bits per heavy atom. The lowest BCUT2D eigenvalue weighted by molar-refractivity contribution is -0.164. The van der Waals surface area contributed by atoms with Crippen LogP contribution in [0.25, 0.3) is 0 Å². The number of nitrogens with one attached hydrogen (secondary N) is 1. The standard InChI is InChI=1S/C20H27NO5/c1-12-7-6-8-15(13(12)2)21-19(22)14(3)25-20(23)18-11-24-16-9-4-5-10-17(16)26-18/h4-5,9-10,12-15,18H,6-8,11H2,1-3H3,(H,21,22)/t12-,13-,14-,15-,18+/m1/s1. The predicted molar refractivity (Wildman–Crippen MR) is 96.0 cm³/mol. The van der Waals surface area contributed by atoms with Crippen molar-refractivity contribution in [1.82, 2.24) is 5.32 Å². The highest BCUT2D eigenvalue weighted by atomic mass is 16.6. The fourth-order valence-electron chi connectivity index (χ4n) is 3.53. The van der Waals surface area contributed by atoms with Crippen molar-refractivity contribution in [3.8, 4) is 11.5 Å². The van der Waals surface area contributed by atoms with Crippen molar-refractivity contribution in [1.29, 1.82) is 0 Å². The summed E-state index contributed by atoms with van der Waals surface area (Å²) in [5.74, 6) is 1.25. The molecule has 1 aliphatic heterocycles. The van der Waals surface area contributed by atoms with Crippen molar-refractivity contribution in [3.63, 3.8) is 0 Å². The molecule has 0 saturated heterocycles. The summed E-state index contributed by atoms with van der Waals surface area (Å²) in [7, 11) is 0. The van der Waals surface area contributed by atoms with Crippen LogP contribution in [-0.2, 0) is 14.3 Å². The van der Waals surface area contributed by atoms with Gasteiger partial charge in [0.2, 0.25) is 6.10 Å². The number of esters is 1. The molecule has 1 aromatic rings. The molecule has 1 fully saturated rings. The molecule has 6 nitrogen and oxygen atoms in total. The van der Waals surface area contributed by atoms with Crippen LogP contribution in [0.4, 0.5) is 0 Å². The molecule has 1 heterocycles. The van der Waals surface area contributed by atoms with Crippen LogP contribution in [0, 0.1) is 11.8 Å². The van der Waals surface area contributed by atoms with E-state index in [1.165, 1.54) is 6.42 Å². The summed E-state index contributed by atoms with van der Waals surface area (Å²) in [4.78, 5) is 24.7. The van der Waals surface area contributed by atoms with Crippen molar-refractivity contribution in [2.45, 2.75) is 58.3 Å². The fourth-order valence-corrected chi connectivity index (χ4v) is 3.53. The van der Waals surface area contributed by atoms with E-state index in [9.17, 15) is 9.59 Å². The molecule has 0 bridgehead atoms. The number of carbonyl (C=O) groups excluding carboxylic acids is 2. The highest BCUT2D eigenvalue weighted by Crippen LogP contribution is 2.31. The zero-order valence-electron chi connectivity index (χ0n) is 15.6. The number of hydrogen-bond acceptors (Lipinski definition) is 5. The average molecular weight is 361 g/mol. The van der Waals surface area contributed by atoms with Gasteiger partial charge in [-0.15, -0.1) is 0 Å². The Kier molecular flexibility index (Phi) is 5.69. The SMILES string of the molecule is C[C@@H]1[C@H](C)CCC[C@H]1NC(=O)[C@@H](C)OC(=O)[C@@H]1COc2ccccc2O1. The molecule has 1 aromatic carbocycles. The molecule has 1 amide bonds. The second-order valence-corrected chi connectivity index (χ2v) is 7.33. The van der Waals surface area contributed by atoms with Crippen LogP contribution in [0.5, 0.6) is 11.5 Å². The van der Waals surface area contributed by atoms with Gasteiger partial charge in [-0.3, -0.25) is 4.79 Å². The lowest BCUT2D eigenvalue weighted by Gasteiger charge is -2.35. The Morgan fingerprint density at radius 1 is 1.19 bits per heavy atom. The van der Waals surface area contributed by atoms with Gasteiger partial charge in [0.05, 0.1) is 0 Å². The Morgan fingerprint density at radius 2 is 1.92 bits per heavy atom. The van der Waals surface area contributed by atoms with Crippen LogP contribution >= 0.6 is 0 Å². The molecule has 1 saturated carbocycles. The van der Waals surface area contributed by atoms with Crippen LogP contribution in [0.1, 0.15) is 40.0 Å². The summed E-state index contributed by atoms with van der Waals surface area (Å²) in [6.07, 6.45) is 1.53. The minimum atomic E-state index is -0.868. The zero-order valence-corrected chi connectivity index (χ0v) is 15.6. The second kappa shape index (κ2) is 7.98. The number of fused-ring (bicyclic) bond motifs is 1. The Labute approximate surface area is 154 Å². The molecule has 0 radical (unpaired) electrons. The van der Waals surface area contributed by atoms with E-state index in [-0.39, 0.29) is 18.6 Å². The molecule has 0 unspecified atom stereocenters. The minimum absolute atomic E-state index is 0.0708. The smallest absolute Gasteiger partial charge is 0.351 e. The molecule has 2 aliphatic rings. The zero-order chi connectivity index (χ0) is 18.7. The van der Waals surface area contributed by atoms with E-state index in [0.717, 1.165) is 12.8 Å². The Bertz CT molecular complexity index is 661. The third-order valence-electron chi connectivity index (χ3n) is 5.47. The molecule has 5 atom stereocenters. The van der Waals surface area contributed by atoms with E-state index in [4.69, 9.17) is 14.2 Å². The van der Waals surface area contributed by atoms with Crippen LogP contribution in [-0.4, -0.2) is 36.7 Å². The van der Waals surface area contributed by atoms with Gasteiger partial charge in [0.1, 0.15) is 6.61 Å². The van der Waals surface area contributed by atoms with E-state index in [2.05, 4.69) is 19.2 Å². The maximum Gasteiger partial charge on any atom is 0.351 e. The van der Waals surface area contributed by atoms with Crippen molar-refractivity contribution >= 4 is 11.9 Å². The quantitative estimate of drug-likeness (QED) is 0.835. The number of para-hydroxylation sites is 2. The van der Waals surface area contributed by atoms with E-state index in [0.29, 0.717) is 23.3 Å². The van der Waals surface area contributed by atoms with Crippen molar-refractivity contribution in [2.75, 3.05) is 6.61 Å². The number of ether oxygens (including phenoxy) is 3. The number of hydrogen-bond donors (Lipinski definition) is 1. The first-order valence-electron chi connectivity index (χ1n) is 9.35. The first kappa shape index (κ1) is 18.5. The molecule has 1 aliphatic carbocycles. The topological polar surface area (TPSA) is 73.9 Å². The molecule has 3 rings (SSSR count). The maximum atomic E-state index is 12.4. The summed E-state index contributed by atoms with van der Waals surface area (Å²) < 4.78 is 16.5. The molecule has 0 spiro atoms. The minimum Gasteiger partial charge on any atom is -0.485 e. The average Bonchev–Trinajstić information content (AvgIpc) is 2.64. The molecular weight excluding hydrogens is 334 g/mol. The Balaban J connectivity index is 1.52. The second-order valence-electron chi connectivity index (χ2n) is 7.33. The van der Waals surface area contributed by atoms with Crippen LogP contribution in [0.15, 0.2) is 24.3 Å². The van der Waals surface area contributed by atoms with Gasteiger partial charge in [0.25, 0.3) is 5.91 Å². The predicted octanol–water partition coefficient (Wildman–Crippen LogP) is 2.70. The highest BCUT2D eigenvalue weighted by molar-refractivity contribution is 5.85. The van der Waals surface area contributed by atoms with E-state index in [1.807, 2.05) is 6.07 Å². The molecule has 1 N–H and O–H groups in total. The van der Waals surface area contributed by atoms with E-state index < -0.39 is 18.2 Å². The van der Waals surface area contributed by atoms with Crippen molar-refractivity contribution < 1.29 is 23.8 Å². The van der Waals surface area contributed by atoms with Gasteiger partial charge in [0.15, 0.2) is 17.6 Å². The third kappa shape index (κ3) is 4.11. The van der Waals surface area contributed by atoms with Crippen molar-refractivity contribution in [2.24, 2.45) is 11.8 Å². The fraction of sp³-hybridized carbons (Fsp3) is 0.600. The van der Waals surface area contributed by atoms with Gasteiger partial charge >= 0.3 is 5.97 Å². The summed E-state index contributed by atoms with van der Waals surface area (Å²) in [5.41, 5.74) is 0.